The van der Waals surface area contributed by atoms with Gasteiger partial charge in [-0.1, -0.05) is 6.07 Å². The number of nitrogens with two attached hydrogens (primary N) is 1. The molecule has 1 atom stereocenters. The molecule has 1 unspecified atom stereocenters. The van der Waals surface area contributed by atoms with Gasteiger partial charge in [-0.15, -0.1) is 0 Å². The zero-order chi connectivity index (χ0) is 12.2. The van der Waals surface area contributed by atoms with Crippen molar-refractivity contribution in [1.29, 1.82) is 0 Å². The van der Waals surface area contributed by atoms with Crippen LogP contribution in [-0.4, -0.2) is 24.6 Å². The monoisotopic (exact) mass is 222 g/mol. The van der Waals surface area contributed by atoms with E-state index in [1.54, 1.807) is 13.1 Å². The molecule has 0 aliphatic rings. The number of hydrogen-bond acceptors (Lipinski definition) is 4. The molecule has 0 amide bonds. The molecule has 0 radical (unpaired) electrons. The zero-order valence-corrected chi connectivity index (χ0v) is 9.99. The van der Waals surface area contributed by atoms with Gasteiger partial charge in [0.05, 0.1) is 12.5 Å². The van der Waals surface area contributed by atoms with Crippen LogP contribution in [0.3, 0.4) is 0 Å². The Hall–Kier alpha value is -1.42. The second-order valence-electron chi connectivity index (χ2n) is 4.20. The van der Waals surface area contributed by atoms with E-state index in [0.717, 1.165) is 11.3 Å². The van der Waals surface area contributed by atoms with Gasteiger partial charge in [0, 0.05) is 24.9 Å². The van der Waals surface area contributed by atoms with Gasteiger partial charge in [0.2, 0.25) is 0 Å². The van der Waals surface area contributed by atoms with E-state index in [1.165, 1.54) is 7.11 Å². The quantitative estimate of drug-likeness (QED) is 0.774. The Morgan fingerprint density at radius 3 is 2.81 bits per heavy atom. The van der Waals surface area contributed by atoms with Crippen molar-refractivity contribution in [1.82, 2.24) is 4.98 Å². The number of esters is 1. The number of methoxy groups -OCH3 is 1. The molecule has 0 aromatic carbocycles. The molecule has 0 saturated heterocycles. The molecule has 1 aromatic heterocycles. The van der Waals surface area contributed by atoms with Crippen molar-refractivity contribution in [2.75, 3.05) is 13.7 Å². The van der Waals surface area contributed by atoms with Gasteiger partial charge in [0.1, 0.15) is 0 Å². The maximum Gasteiger partial charge on any atom is 0.313 e. The Kier molecular flexibility index (Phi) is 4.01. The molecule has 1 rings (SSSR count). The van der Waals surface area contributed by atoms with Crippen LogP contribution in [0.4, 0.5) is 0 Å². The van der Waals surface area contributed by atoms with Crippen molar-refractivity contribution in [2.45, 2.75) is 20.3 Å². The lowest BCUT2D eigenvalue weighted by molar-refractivity contribution is -0.151. The van der Waals surface area contributed by atoms with Gasteiger partial charge >= 0.3 is 5.97 Å². The summed E-state index contributed by atoms with van der Waals surface area (Å²) in [5.41, 5.74) is 6.90. The summed E-state index contributed by atoms with van der Waals surface area (Å²) in [6, 6.07) is 3.84. The molecule has 0 fully saturated rings. The molecular formula is C12H18N2O2. The van der Waals surface area contributed by atoms with Crippen molar-refractivity contribution < 1.29 is 9.53 Å². The van der Waals surface area contributed by atoms with E-state index >= 15 is 0 Å². The lowest BCUT2D eigenvalue weighted by Gasteiger charge is -2.24. The third-order valence-electron chi connectivity index (χ3n) is 2.80. The highest BCUT2D eigenvalue weighted by molar-refractivity contribution is 5.77. The van der Waals surface area contributed by atoms with Crippen LogP contribution in [0.5, 0.6) is 0 Å². The lowest BCUT2D eigenvalue weighted by Crippen LogP contribution is -2.39. The van der Waals surface area contributed by atoms with Gasteiger partial charge in [-0.3, -0.25) is 9.78 Å². The van der Waals surface area contributed by atoms with Crippen LogP contribution in [0, 0.1) is 12.3 Å². The summed E-state index contributed by atoms with van der Waals surface area (Å²) >= 11 is 0. The molecule has 0 bridgehead atoms. The molecule has 0 aliphatic heterocycles. The van der Waals surface area contributed by atoms with E-state index in [0.29, 0.717) is 6.42 Å². The largest absolute Gasteiger partial charge is 0.469 e. The van der Waals surface area contributed by atoms with Gasteiger partial charge in [-0.25, -0.2) is 0 Å². The number of rotatable bonds is 4. The maximum atomic E-state index is 11.7. The van der Waals surface area contributed by atoms with Gasteiger partial charge < -0.3 is 10.5 Å². The number of aryl methyl sites for hydroxylation is 1. The molecule has 1 aromatic rings. The Balaban J connectivity index is 2.94. The van der Waals surface area contributed by atoms with Gasteiger partial charge in [-0.2, -0.15) is 0 Å². The van der Waals surface area contributed by atoms with Crippen molar-refractivity contribution >= 4 is 5.97 Å². The lowest BCUT2D eigenvalue weighted by atomic mass is 9.84. The highest BCUT2D eigenvalue weighted by atomic mass is 16.5. The summed E-state index contributed by atoms with van der Waals surface area (Å²) in [4.78, 5) is 15.9. The third kappa shape index (κ3) is 2.58. The van der Waals surface area contributed by atoms with E-state index in [-0.39, 0.29) is 12.5 Å². The molecule has 2 N–H and O–H groups in total. The molecule has 4 nitrogen and oxygen atoms in total. The third-order valence-corrected chi connectivity index (χ3v) is 2.80. The minimum absolute atomic E-state index is 0.246. The average Bonchev–Trinajstić information content (AvgIpc) is 2.31. The minimum Gasteiger partial charge on any atom is -0.469 e. The summed E-state index contributed by atoms with van der Waals surface area (Å²) in [6.07, 6.45) is 2.22. The first kappa shape index (κ1) is 12.6. The topological polar surface area (TPSA) is 65.2 Å². The van der Waals surface area contributed by atoms with Crippen molar-refractivity contribution in [2.24, 2.45) is 11.1 Å². The molecular weight excluding hydrogens is 204 g/mol. The zero-order valence-electron chi connectivity index (χ0n) is 9.99. The molecule has 16 heavy (non-hydrogen) atoms. The smallest absolute Gasteiger partial charge is 0.313 e. The standard InChI is InChI=1S/C12H18N2O2/c1-9-5-4-6-14-10(9)7-12(2,8-13)11(15)16-3/h4-6H,7-8,13H2,1-3H3. The average molecular weight is 222 g/mol. The Morgan fingerprint density at radius 1 is 1.62 bits per heavy atom. The fourth-order valence-electron chi connectivity index (χ4n) is 1.55. The predicted octanol–water partition coefficient (Wildman–Crippen LogP) is 1.07. The van der Waals surface area contributed by atoms with E-state index in [2.05, 4.69) is 4.98 Å². The van der Waals surface area contributed by atoms with E-state index in [4.69, 9.17) is 10.5 Å². The Morgan fingerprint density at radius 2 is 2.31 bits per heavy atom. The number of nitrogens with zero attached hydrogens (tertiary/aromatic N) is 1. The fraction of sp³-hybridized carbons (Fsp3) is 0.500. The first-order valence-corrected chi connectivity index (χ1v) is 5.22. The fourth-order valence-corrected chi connectivity index (χ4v) is 1.55. The highest BCUT2D eigenvalue weighted by Gasteiger charge is 2.34. The van der Waals surface area contributed by atoms with Crippen molar-refractivity contribution in [3.8, 4) is 0 Å². The Labute approximate surface area is 95.8 Å². The second kappa shape index (κ2) is 5.07. The Bertz CT molecular complexity index is 379. The minimum atomic E-state index is -0.701. The van der Waals surface area contributed by atoms with Crippen LogP contribution >= 0.6 is 0 Å². The first-order chi connectivity index (χ1) is 7.53. The summed E-state index contributed by atoms with van der Waals surface area (Å²) in [5.74, 6) is -0.292. The summed E-state index contributed by atoms with van der Waals surface area (Å²) < 4.78 is 4.77. The van der Waals surface area contributed by atoms with Crippen LogP contribution in [0.2, 0.25) is 0 Å². The van der Waals surface area contributed by atoms with Crippen LogP contribution < -0.4 is 5.73 Å². The van der Waals surface area contributed by atoms with Crippen molar-refractivity contribution in [3.63, 3.8) is 0 Å². The van der Waals surface area contributed by atoms with Crippen LogP contribution in [0.1, 0.15) is 18.2 Å². The van der Waals surface area contributed by atoms with Crippen molar-refractivity contribution in [3.05, 3.63) is 29.6 Å². The molecule has 0 aliphatic carbocycles. The first-order valence-electron chi connectivity index (χ1n) is 5.22. The molecule has 0 spiro atoms. The number of aromatic nitrogens is 1. The molecule has 1 heterocycles. The number of pyridine rings is 1. The van der Waals surface area contributed by atoms with Gasteiger partial charge in [0.25, 0.3) is 0 Å². The highest BCUT2D eigenvalue weighted by Crippen LogP contribution is 2.23. The summed E-state index contributed by atoms with van der Waals surface area (Å²) in [7, 11) is 1.38. The number of hydrogen-bond donors (Lipinski definition) is 1. The van der Waals surface area contributed by atoms with Crippen LogP contribution in [0.25, 0.3) is 0 Å². The number of ether oxygens (including phenoxy) is 1. The van der Waals surface area contributed by atoms with Gasteiger partial charge in [-0.05, 0) is 25.5 Å². The molecule has 0 saturated carbocycles. The normalized spacial score (nSPS) is 14.2. The molecule has 4 heteroatoms. The van der Waals surface area contributed by atoms with Crippen LogP contribution in [-0.2, 0) is 16.0 Å². The summed E-state index contributed by atoms with van der Waals surface area (Å²) in [5, 5.41) is 0. The van der Waals surface area contributed by atoms with E-state index in [1.807, 2.05) is 19.1 Å². The molecule has 88 valence electrons. The van der Waals surface area contributed by atoms with Crippen LogP contribution in [0.15, 0.2) is 18.3 Å². The number of carbonyl (C=O) groups excluding carboxylic acids is 1. The van der Waals surface area contributed by atoms with Gasteiger partial charge in [0.15, 0.2) is 0 Å². The van der Waals surface area contributed by atoms with E-state index in [9.17, 15) is 4.79 Å². The second-order valence-corrected chi connectivity index (χ2v) is 4.20. The predicted molar refractivity (Wildman–Crippen MR) is 61.9 cm³/mol. The van der Waals surface area contributed by atoms with E-state index < -0.39 is 5.41 Å². The SMILES string of the molecule is COC(=O)C(C)(CN)Cc1ncccc1C. The number of carbonyl (C=O) groups is 1. The summed E-state index contributed by atoms with van der Waals surface area (Å²) in [6.45, 7) is 4.01. The maximum absolute atomic E-state index is 11.7.